The molecule has 0 atom stereocenters. The van der Waals surface area contributed by atoms with Gasteiger partial charge in [0.15, 0.2) is 0 Å². The summed E-state index contributed by atoms with van der Waals surface area (Å²) >= 11 is 0. The predicted octanol–water partition coefficient (Wildman–Crippen LogP) is 3.88. The van der Waals surface area contributed by atoms with Crippen molar-refractivity contribution in [1.82, 2.24) is 0 Å². The molecule has 0 aliphatic rings. The molecule has 2 aromatic carbocycles. The van der Waals surface area contributed by atoms with E-state index in [1.54, 1.807) is 0 Å². The van der Waals surface area contributed by atoms with Crippen molar-refractivity contribution in [3.05, 3.63) is 96.1 Å². The van der Waals surface area contributed by atoms with Crippen molar-refractivity contribution in [2.45, 2.75) is 12.8 Å². The molecular weight excluding hydrogens is 320 g/mol. The smallest absolute Gasteiger partial charge is 0.254 e. The fraction of sp³-hybridized carbons (Fsp3) is 0.100. The number of hydrogen-bond acceptors (Lipinski definition) is 5. The largest absolute Gasteiger partial charge is 0.373 e. The highest BCUT2D eigenvalue weighted by Gasteiger charge is 2.25. The quantitative estimate of drug-likeness (QED) is 0.435. The van der Waals surface area contributed by atoms with Crippen molar-refractivity contribution in [2.75, 3.05) is 0 Å². The number of benzene rings is 2. The van der Waals surface area contributed by atoms with Crippen molar-refractivity contribution < 1.29 is 24.4 Å². The Balaban J connectivity index is 2.15. The molecule has 0 fully saturated rings. The predicted molar refractivity (Wildman–Crippen MR) is 92.0 cm³/mol. The van der Waals surface area contributed by atoms with E-state index in [1.165, 1.54) is 6.92 Å². The van der Waals surface area contributed by atoms with Crippen LogP contribution in [0.2, 0.25) is 0 Å². The Morgan fingerprint density at radius 1 is 0.800 bits per heavy atom. The van der Waals surface area contributed by atoms with Gasteiger partial charge in [-0.3, -0.25) is 9.78 Å². The van der Waals surface area contributed by atoms with E-state index >= 15 is 0 Å². The van der Waals surface area contributed by atoms with Crippen LogP contribution in [0.1, 0.15) is 24.0 Å². The highest BCUT2D eigenvalue weighted by atomic mass is 17.5. The second-order valence-corrected chi connectivity index (χ2v) is 5.37. The Bertz CT molecular complexity index is 726. The summed E-state index contributed by atoms with van der Waals surface area (Å²) in [5.74, 6) is -2.09. The van der Waals surface area contributed by atoms with Gasteiger partial charge in [0, 0.05) is 22.1 Å². The lowest BCUT2D eigenvalue weighted by molar-refractivity contribution is -0.456. The lowest BCUT2D eigenvalue weighted by Gasteiger charge is -2.18. The van der Waals surface area contributed by atoms with Crippen molar-refractivity contribution >= 4 is 11.9 Å². The minimum Gasteiger partial charge on any atom is -0.254 e. The van der Waals surface area contributed by atoms with Crippen LogP contribution in [0.5, 0.6) is 0 Å². The van der Waals surface area contributed by atoms with Crippen LogP contribution in [0.4, 0.5) is 0 Å². The van der Waals surface area contributed by atoms with Gasteiger partial charge in [-0.25, -0.2) is 9.59 Å². The molecule has 5 heteroatoms. The average Bonchev–Trinajstić information content (AvgIpc) is 2.63. The molecule has 0 aromatic heterocycles. The maximum absolute atomic E-state index is 12.2. The third kappa shape index (κ3) is 4.89. The zero-order chi connectivity index (χ0) is 18.2. The minimum atomic E-state index is -0.841. The normalized spacial score (nSPS) is 10.2. The van der Waals surface area contributed by atoms with E-state index in [-0.39, 0.29) is 11.1 Å². The molecule has 128 valence electrons. The summed E-state index contributed by atoms with van der Waals surface area (Å²) < 4.78 is 0. The van der Waals surface area contributed by atoms with Crippen molar-refractivity contribution in [2.24, 2.45) is 0 Å². The van der Waals surface area contributed by atoms with Crippen LogP contribution < -0.4 is 0 Å². The zero-order valence-electron chi connectivity index (χ0n) is 13.8. The van der Waals surface area contributed by atoms with Gasteiger partial charge < -0.3 is 0 Å². The highest BCUT2D eigenvalue weighted by Crippen LogP contribution is 2.31. The first kappa shape index (κ1) is 18.2. The Morgan fingerprint density at radius 2 is 1.24 bits per heavy atom. The van der Waals surface area contributed by atoms with Gasteiger partial charge in [0.1, 0.15) is 0 Å². The molecule has 0 N–H and O–H groups in total. The molecule has 25 heavy (non-hydrogen) atoms. The molecule has 0 amide bonds. The van der Waals surface area contributed by atoms with Crippen LogP contribution >= 0.6 is 0 Å². The van der Waals surface area contributed by atoms with E-state index < -0.39 is 17.9 Å². The first-order valence-corrected chi connectivity index (χ1v) is 7.54. The van der Waals surface area contributed by atoms with Crippen LogP contribution in [-0.4, -0.2) is 11.9 Å². The van der Waals surface area contributed by atoms with E-state index in [2.05, 4.69) is 28.0 Å². The summed E-state index contributed by atoms with van der Waals surface area (Å²) in [4.78, 5) is 32.3. The molecule has 0 bridgehead atoms. The van der Waals surface area contributed by atoms with Crippen LogP contribution in [0.25, 0.3) is 0 Å². The summed E-state index contributed by atoms with van der Waals surface area (Å²) in [6.07, 6.45) is 0. The summed E-state index contributed by atoms with van der Waals surface area (Å²) in [6.45, 7) is 8.65. The van der Waals surface area contributed by atoms with E-state index in [0.717, 1.165) is 11.1 Å². The first-order chi connectivity index (χ1) is 12.0. The second kappa shape index (κ2) is 8.61. The number of rotatable bonds is 7. The first-order valence-electron chi connectivity index (χ1n) is 7.54. The van der Waals surface area contributed by atoms with Gasteiger partial charge in [-0.1, -0.05) is 73.8 Å². The minimum absolute atomic E-state index is 0.112. The molecule has 2 aromatic rings. The van der Waals surface area contributed by atoms with Crippen molar-refractivity contribution in [3.8, 4) is 0 Å². The number of carbonyl (C=O) groups excluding carboxylic acids is 2. The number of hydrogen-bond donors (Lipinski definition) is 0. The summed E-state index contributed by atoms with van der Waals surface area (Å²) in [6, 6.07) is 18.8. The maximum Gasteiger partial charge on any atom is 0.373 e. The molecule has 0 spiro atoms. The fourth-order valence-electron chi connectivity index (χ4n) is 2.21. The van der Waals surface area contributed by atoms with Crippen molar-refractivity contribution in [1.29, 1.82) is 0 Å². The number of carbonyl (C=O) groups is 2. The monoisotopic (exact) mass is 338 g/mol. The van der Waals surface area contributed by atoms with Crippen LogP contribution in [0, 0.1) is 0 Å². The zero-order valence-corrected chi connectivity index (χ0v) is 13.8. The Hall–Kier alpha value is -3.18. The standard InChI is InChI=1S/C20H18O5/c1-14(2)19(21)23-25-24-20(22)15(3)18(16-10-6-4-7-11-16)17-12-8-5-9-13-17/h4-13,18H,1,3H2,2H3. The lowest BCUT2D eigenvalue weighted by atomic mass is 9.85. The topological polar surface area (TPSA) is 61.8 Å². The van der Waals surface area contributed by atoms with Gasteiger partial charge in [0.05, 0.1) is 0 Å². The molecule has 0 aliphatic heterocycles. The second-order valence-electron chi connectivity index (χ2n) is 5.37. The van der Waals surface area contributed by atoms with Crippen LogP contribution in [0.3, 0.4) is 0 Å². The SMILES string of the molecule is C=C(C)C(=O)OOOC(=O)C(=C)C(c1ccccc1)c1ccccc1. The molecule has 0 saturated carbocycles. The van der Waals surface area contributed by atoms with Gasteiger partial charge in [0.25, 0.3) is 0 Å². The Labute approximate surface area is 146 Å². The lowest BCUT2D eigenvalue weighted by Crippen LogP contribution is -2.17. The van der Waals surface area contributed by atoms with E-state index in [1.807, 2.05) is 60.7 Å². The fourth-order valence-corrected chi connectivity index (χ4v) is 2.21. The third-order valence-corrected chi connectivity index (χ3v) is 3.44. The summed E-state index contributed by atoms with van der Waals surface area (Å²) in [7, 11) is 0. The van der Waals surface area contributed by atoms with Gasteiger partial charge in [-0.15, -0.1) is 0 Å². The van der Waals surface area contributed by atoms with Gasteiger partial charge in [0.2, 0.25) is 0 Å². The molecule has 0 saturated heterocycles. The van der Waals surface area contributed by atoms with Gasteiger partial charge >= 0.3 is 11.9 Å². The van der Waals surface area contributed by atoms with Gasteiger partial charge in [-0.05, 0) is 18.1 Å². The Morgan fingerprint density at radius 3 is 1.68 bits per heavy atom. The third-order valence-electron chi connectivity index (χ3n) is 3.44. The molecule has 2 rings (SSSR count). The van der Waals surface area contributed by atoms with Gasteiger partial charge in [-0.2, -0.15) is 0 Å². The molecule has 0 radical (unpaired) electrons. The van der Waals surface area contributed by atoms with E-state index in [4.69, 9.17) is 0 Å². The van der Waals surface area contributed by atoms with Crippen molar-refractivity contribution in [3.63, 3.8) is 0 Å². The Kier molecular flexibility index (Phi) is 6.26. The van der Waals surface area contributed by atoms with Crippen LogP contribution in [0.15, 0.2) is 85.0 Å². The average molecular weight is 338 g/mol. The molecule has 0 unspecified atom stereocenters. The molecule has 0 heterocycles. The maximum atomic E-state index is 12.2. The van der Waals surface area contributed by atoms with Crippen LogP contribution in [-0.2, 0) is 24.4 Å². The molecular formula is C20H18O5. The summed E-state index contributed by atoms with van der Waals surface area (Å²) in [5, 5.41) is 4.24. The highest BCUT2D eigenvalue weighted by molar-refractivity contribution is 5.90. The van der Waals surface area contributed by atoms with E-state index in [9.17, 15) is 9.59 Å². The van der Waals surface area contributed by atoms with E-state index in [0.29, 0.717) is 0 Å². The molecule has 0 aliphatic carbocycles. The summed E-state index contributed by atoms with van der Waals surface area (Å²) in [5.41, 5.74) is 1.99. The molecule has 5 nitrogen and oxygen atoms in total.